The van der Waals surface area contributed by atoms with Crippen LogP contribution >= 0.6 is 0 Å². The van der Waals surface area contributed by atoms with E-state index in [0.29, 0.717) is 0 Å². The summed E-state index contributed by atoms with van der Waals surface area (Å²) < 4.78 is 6.37. The average Bonchev–Trinajstić information content (AvgIpc) is 1.35. The van der Waals surface area contributed by atoms with Crippen LogP contribution < -0.4 is 0 Å². The van der Waals surface area contributed by atoms with Crippen LogP contribution in [0.1, 0.15) is 7.79 Å². The van der Waals surface area contributed by atoms with Gasteiger partial charge in [0.25, 0.3) is 0 Å². The lowest BCUT2D eigenvalue weighted by atomic mass is 10.5. The lowest BCUT2D eigenvalue weighted by Crippen LogP contribution is -1.85. The van der Waals surface area contributed by atoms with E-state index in [0.717, 1.165) is 0 Å². The minimum atomic E-state index is -1.10. The first-order valence-corrected chi connectivity index (χ1v) is 1.48. The summed E-state index contributed by atoms with van der Waals surface area (Å²) in [7, 11) is 0. The maximum atomic E-state index is 8.06. The summed E-state index contributed by atoms with van der Waals surface area (Å²) in [6.07, 6.45) is 0.153. The summed E-state index contributed by atoms with van der Waals surface area (Å²) in [5.74, 6) is 0. The van der Waals surface area contributed by atoms with Crippen molar-refractivity contribution < 1.29 is 11.6 Å². The van der Waals surface area contributed by atoms with E-state index >= 15 is 0 Å². The molecule has 2 N–H and O–H groups in total. The zero-order chi connectivity index (χ0) is 4.99. The quantitative estimate of drug-likeness (QED) is 0.460. The lowest BCUT2D eigenvalue weighted by Gasteiger charge is -1.79. The van der Waals surface area contributed by atoms with Gasteiger partial charge in [0.15, 0.2) is 0 Å². The zero-order valence-electron chi connectivity index (χ0n) is 3.89. The highest BCUT2D eigenvalue weighted by atomic mass is 16.3. The van der Waals surface area contributed by atoms with Crippen molar-refractivity contribution in [2.45, 2.75) is 6.42 Å². The highest BCUT2D eigenvalue weighted by molar-refractivity contribution is 4.22. The Labute approximate surface area is 32.5 Å². The molecule has 1 atom stereocenters. The van der Waals surface area contributed by atoms with Crippen LogP contribution in [0.15, 0.2) is 0 Å². The molecule has 0 saturated carbocycles. The third-order valence-corrected chi connectivity index (χ3v) is 0.258. The Bertz CT molecular complexity index is 30.0. The highest BCUT2D eigenvalue weighted by Crippen LogP contribution is 1.65. The van der Waals surface area contributed by atoms with Crippen LogP contribution in [0.4, 0.5) is 0 Å². The molecule has 0 bridgehead atoms. The van der Waals surface area contributed by atoms with Gasteiger partial charge in [0.2, 0.25) is 0 Å². The molecule has 0 rings (SSSR count). The number of aliphatic hydroxyl groups is 2. The van der Waals surface area contributed by atoms with E-state index < -0.39 is 6.58 Å². The van der Waals surface area contributed by atoms with Crippen molar-refractivity contribution in [2.75, 3.05) is 13.2 Å². The van der Waals surface area contributed by atoms with Crippen LogP contribution in [0.3, 0.4) is 0 Å². The van der Waals surface area contributed by atoms with Crippen molar-refractivity contribution in [2.24, 2.45) is 0 Å². The van der Waals surface area contributed by atoms with Crippen molar-refractivity contribution in [1.29, 1.82) is 0 Å². The Kier molecular flexibility index (Phi) is 2.45. The molecule has 0 aliphatic heterocycles. The highest BCUT2D eigenvalue weighted by Gasteiger charge is 1.70. The van der Waals surface area contributed by atoms with Gasteiger partial charge in [-0.15, -0.1) is 0 Å². The molecular weight excluding hydrogens is 68.0 g/mol. The van der Waals surface area contributed by atoms with E-state index in [9.17, 15) is 0 Å². The van der Waals surface area contributed by atoms with Gasteiger partial charge in [-0.1, -0.05) is 0 Å². The molecule has 2 nitrogen and oxygen atoms in total. The van der Waals surface area contributed by atoms with Gasteiger partial charge in [-0.25, -0.2) is 0 Å². The molecule has 5 heavy (non-hydrogen) atoms. The minimum Gasteiger partial charge on any atom is -0.396 e. The second-order valence-corrected chi connectivity index (χ2v) is 0.695. The predicted molar refractivity (Wildman–Crippen MR) is 18.8 cm³/mol. The van der Waals surface area contributed by atoms with Crippen LogP contribution in [0, 0.1) is 0 Å². The first-order valence-electron chi connectivity index (χ1n) is 2.06. The summed E-state index contributed by atoms with van der Waals surface area (Å²) in [6.45, 7) is -1.21. The molecular formula is C3H8O2. The second-order valence-electron chi connectivity index (χ2n) is 0.695. The van der Waals surface area contributed by atoms with E-state index in [1.54, 1.807) is 0 Å². The fourth-order valence-corrected chi connectivity index (χ4v) is 0.0577. The fraction of sp³-hybridized carbons (Fsp3) is 1.00. The monoisotopic (exact) mass is 77.1 g/mol. The van der Waals surface area contributed by atoms with E-state index in [1.807, 2.05) is 0 Å². The Balaban J connectivity index is 2.63. The van der Waals surface area contributed by atoms with Gasteiger partial charge in [-0.3, -0.25) is 0 Å². The van der Waals surface area contributed by atoms with E-state index in [-0.39, 0.29) is 13.0 Å². The number of aliphatic hydroxyl groups excluding tert-OH is 2. The summed E-state index contributed by atoms with van der Waals surface area (Å²) in [4.78, 5) is 0. The van der Waals surface area contributed by atoms with Crippen LogP contribution in [-0.2, 0) is 0 Å². The SMILES string of the molecule is [2H]C(O)CCO. The molecule has 0 amide bonds. The van der Waals surface area contributed by atoms with Crippen LogP contribution in [0.25, 0.3) is 0 Å². The molecule has 0 aromatic heterocycles. The summed E-state index contributed by atoms with van der Waals surface area (Å²) >= 11 is 0. The van der Waals surface area contributed by atoms with Crippen molar-refractivity contribution in [3.8, 4) is 0 Å². The third kappa shape index (κ3) is 3.92. The molecule has 32 valence electrons. The van der Waals surface area contributed by atoms with Gasteiger partial charge in [-0.05, 0) is 6.42 Å². The Morgan fingerprint density at radius 3 is 2.20 bits per heavy atom. The predicted octanol–water partition coefficient (Wildman–Crippen LogP) is -0.639. The van der Waals surface area contributed by atoms with Crippen LogP contribution in [-0.4, -0.2) is 23.4 Å². The molecule has 0 spiro atoms. The zero-order valence-corrected chi connectivity index (χ0v) is 2.89. The molecule has 0 aromatic rings. The standard InChI is InChI=1S/C3H8O2/c4-2-1-3-5/h4-5H,1-3H2/i2D. The van der Waals surface area contributed by atoms with Gasteiger partial charge in [0.1, 0.15) is 0 Å². The van der Waals surface area contributed by atoms with Crippen LogP contribution in [0.5, 0.6) is 0 Å². The Morgan fingerprint density at radius 1 is 1.60 bits per heavy atom. The van der Waals surface area contributed by atoms with Crippen molar-refractivity contribution in [3.05, 3.63) is 0 Å². The molecule has 0 aliphatic rings. The smallest absolute Gasteiger partial charge is 0.0565 e. The van der Waals surface area contributed by atoms with E-state index in [2.05, 4.69) is 0 Å². The molecule has 0 heterocycles. The van der Waals surface area contributed by atoms with Crippen molar-refractivity contribution >= 4 is 0 Å². The topological polar surface area (TPSA) is 40.5 Å². The first kappa shape index (κ1) is 3.12. The van der Waals surface area contributed by atoms with Gasteiger partial charge in [0, 0.05) is 13.2 Å². The fourth-order valence-electron chi connectivity index (χ4n) is 0.0577. The number of rotatable bonds is 2. The first-order chi connectivity index (χ1) is 2.77. The second kappa shape index (κ2) is 3.92. The molecule has 2 heteroatoms. The lowest BCUT2D eigenvalue weighted by molar-refractivity contribution is 0.221. The summed E-state index contributed by atoms with van der Waals surface area (Å²) in [5.41, 5.74) is 0. The molecule has 1 unspecified atom stereocenters. The van der Waals surface area contributed by atoms with Crippen molar-refractivity contribution in [3.63, 3.8) is 0 Å². The maximum absolute atomic E-state index is 8.06. The van der Waals surface area contributed by atoms with Gasteiger partial charge in [-0.2, -0.15) is 0 Å². The molecule has 0 saturated heterocycles. The minimum absolute atomic E-state index is 0.106. The Hall–Kier alpha value is -0.0800. The maximum Gasteiger partial charge on any atom is 0.0565 e. The van der Waals surface area contributed by atoms with Crippen molar-refractivity contribution in [1.82, 2.24) is 0 Å². The molecule has 0 fully saturated rings. The largest absolute Gasteiger partial charge is 0.396 e. The third-order valence-electron chi connectivity index (χ3n) is 0.258. The van der Waals surface area contributed by atoms with Crippen LogP contribution in [0.2, 0.25) is 0 Å². The van der Waals surface area contributed by atoms with E-state index in [1.165, 1.54) is 0 Å². The number of hydrogen-bond donors (Lipinski definition) is 2. The van der Waals surface area contributed by atoms with Gasteiger partial charge < -0.3 is 10.2 Å². The molecule has 0 aromatic carbocycles. The average molecular weight is 77.1 g/mol. The Morgan fingerprint density at radius 2 is 2.20 bits per heavy atom. The summed E-state index contributed by atoms with van der Waals surface area (Å²) in [6, 6.07) is 0. The number of hydrogen-bond acceptors (Lipinski definition) is 2. The van der Waals surface area contributed by atoms with Gasteiger partial charge >= 0.3 is 0 Å². The summed E-state index contributed by atoms with van der Waals surface area (Å²) in [5, 5.41) is 16.0. The molecule has 0 aliphatic carbocycles. The van der Waals surface area contributed by atoms with Gasteiger partial charge in [0.05, 0.1) is 1.37 Å². The van der Waals surface area contributed by atoms with E-state index in [4.69, 9.17) is 11.6 Å². The normalized spacial score (nSPS) is 17.6. The molecule has 0 radical (unpaired) electrons.